The molecule has 0 aromatic rings. The predicted molar refractivity (Wildman–Crippen MR) is 90.3 cm³/mol. The van der Waals surface area contributed by atoms with E-state index in [1.807, 2.05) is 0 Å². The third kappa shape index (κ3) is 8.74. The van der Waals surface area contributed by atoms with Gasteiger partial charge in [-0.15, -0.1) is 0 Å². The first-order valence-corrected chi connectivity index (χ1v) is 9.30. The minimum absolute atomic E-state index is 0.307. The second-order valence-corrected chi connectivity index (χ2v) is 6.47. The van der Waals surface area contributed by atoms with Gasteiger partial charge in [-0.2, -0.15) is 0 Å². The van der Waals surface area contributed by atoms with E-state index in [2.05, 4.69) is 11.8 Å². The SMILES string of the molecule is CCCCCCCCCCCCC(C(=O)O)N1CCOCC1. The maximum Gasteiger partial charge on any atom is 0.320 e. The molecule has 130 valence electrons. The Labute approximate surface area is 136 Å². The topological polar surface area (TPSA) is 49.8 Å². The highest BCUT2D eigenvalue weighted by molar-refractivity contribution is 5.73. The van der Waals surface area contributed by atoms with Gasteiger partial charge >= 0.3 is 5.97 Å². The van der Waals surface area contributed by atoms with Gasteiger partial charge in [0.15, 0.2) is 0 Å². The van der Waals surface area contributed by atoms with Crippen LogP contribution in [0.3, 0.4) is 0 Å². The molecule has 0 spiro atoms. The molecule has 4 nitrogen and oxygen atoms in total. The van der Waals surface area contributed by atoms with E-state index in [0.717, 1.165) is 25.9 Å². The van der Waals surface area contributed by atoms with Gasteiger partial charge in [0, 0.05) is 13.1 Å². The summed E-state index contributed by atoms with van der Waals surface area (Å²) in [7, 11) is 0. The average molecular weight is 313 g/mol. The highest BCUT2D eigenvalue weighted by Crippen LogP contribution is 2.15. The molecule has 0 aromatic heterocycles. The maximum atomic E-state index is 11.4. The molecule has 1 aliphatic rings. The van der Waals surface area contributed by atoms with Gasteiger partial charge in [0.2, 0.25) is 0 Å². The van der Waals surface area contributed by atoms with Crippen LogP contribution in [-0.4, -0.2) is 48.3 Å². The zero-order chi connectivity index (χ0) is 16.0. The van der Waals surface area contributed by atoms with Crippen LogP contribution < -0.4 is 0 Å². The Morgan fingerprint density at radius 1 is 0.955 bits per heavy atom. The van der Waals surface area contributed by atoms with Crippen molar-refractivity contribution in [2.45, 2.75) is 83.6 Å². The lowest BCUT2D eigenvalue weighted by Gasteiger charge is -2.31. The molecule has 1 N–H and O–H groups in total. The summed E-state index contributed by atoms with van der Waals surface area (Å²) in [6, 6.07) is -0.307. The van der Waals surface area contributed by atoms with E-state index < -0.39 is 5.97 Å². The Kier molecular flexibility index (Phi) is 11.4. The van der Waals surface area contributed by atoms with Crippen LogP contribution in [0.2, 0.25) is 0 Å². The van der Waals surface area contributed by atoms with E-state index in [1.54, 1.807) is 0 Å². The maximum absolute atomic E-state index is 11.4. The molecule has 1 rings (SSSR count). The lowest BCUT2D eigenvalue weighted by Crippen LogP contribution is -2.47. The summed E-state index contributed by atoms with van der Waals surface area (Å²) in [5, 5.41) is 9.39. The zero-order valence-electron chi connectivity index (χ0n) is 14.4. The largest absolute Gasteiger partial charge is 0.480 e. The van der Waals surface area contributed by atoms with Gasteiger partial charge in [-0.1, -0.05) is 71.1 Å². The number of hydrogen-bond donors (Lipinski definition) is 1. The van der Waals surface area contributed by atoms with Crippen molar-refractivity contribution in [3.05, 3.63) is 0 Å². The quantitative estimate of drug-likeness (QED) is 0.520. The molecule has 1 atom stereocenters. The van der Waals surface area contributed by atoms with Crippen molar-refractivity contribution in [3.63, 3.8) is 0 Å². The summed E-state index contributed by atoms with van der Waals surface area (Å²) >= 11 is 0. The molecule has 0 amide bonds. The minimum atomic E-state index is -0.669. The number of unbranched alkanes of at least 4 members (excludes halogenated alkanes) is 9. The zero-order valence-corrected chi connectivity index (χ0v) is 14.4. The summed E-state index contributed by atoms with van der Waals surface area (Å²) in [6.45, 7) is 5.11. The van der Waals surface area contributed by atoms with Crippen LogP contribution in [0.25, 0.3) is 0 Å². The van der Waals surface area contributed by atoms with E-state index in [1.165, 1.54) is 57.8 Å². The fourth-order valence-electron chi connectivity index (χ4n) is 3.18. The molecular weight excluding hydrogens is 278 g/mol. The van der Waals surface area contributed by atoms with Crippen LogP contribution in [0.5, 0.6) is 0 Å². The van der Waals surface area contributed by atoms with Crippen LogP contribution >= 0.6 is 0 Å². The molecule has 0 aliphatic carbocycles. The van der Waals surface area contributed by atoms with Crippen LogP contribution in [0.15, 0.2) is 0 Å². The molecule has 4 heteroatoms. The molecule has 1 aliphatic heterocycles. The number of ether oxygens (including phenoxy) is 1. The monoisotopic (exact) mass is 313 g/mol. The van der Waals surface area contributed by atoms with Crippen molar-refractivity contribution < 1.29 is 14.6 Å². The van der Waals surface area contributed by atoms with Gasteiger partial charge in [-0.3, -0.25) is 9.69 Å². The van der Waals surface area contributed by atoms with Crippen LogP contribution in [-0.2, 0) is 9.53 Å². The molecular formula is C18H35NO3. The molecule has 1 saturated heterocycles. The number of carboxylic acid groups (broad SMARTS) is 1. The first-order valence-electron chi connectivity index (χ1n) is 9.30. The second-order valence-electron chi connectivity index (χ2n) is 6.47. The summed E-state index contributed by atoms with van der Waals surface area (Å²) < 4.78 is 5.30. The number of rotatable bonds is 13. The molecule has 1 unspecified atom stereocenters. The predicted octanol–water partition coefficient (Wildman–Crippen LogP) is 4.08. The minimum Gasteiger partial charge on any atom is -0.480 e. The molecule has 0 bridgehead atoms. The van der Waals surface area contributed by atoms with Gasteiger partial charge in [0.1, 0.15) is 6.04 Å². The molecule has 1 fully saturated rings. The number of carboxylic acids is 1. The first-order chi connectivity index (χ1) is 10.8. The fraction of sp³-hybridized carbons (Fsp3) is 0.944. The second kappa shape index (κ2) is 12.9. The van der Waals surface area contributed by atoms with Gasteiger partial charge < -0.3 is 9.84 Å². The van der Waals surface area contributed by atoms with Crippen LogP contribution in [0.4, 0.5) is 0 Å². The van der Waals surface area contributed by atoms with E-state index in [4.69, 9.17) is 4.74 Å². The Bertz CT molecular complexity index is 278. The number of carbonyl (C=O) groups is 1. The third-order valence-electron chi connectivity index (χ3n) is 4.60. The Morgan fingerprint density at radius 2 is 1.45 bits per heavy atom. The van der Waals surface area contributed by atoms with Crippen molar-refractivity contribution >= 4 is 5.97 Å². The van der Waals surface area contributed by atoms with Crippen LogP contribution in [0, 0.1) is 0 Å². The van der Waals surface area contributed by atoms with E-state index in [9.17, 15) is 9.90 Å². The molecule has 1 heterocycles. The summed E-state index contributed by atoms with van der Waals surface area (Å²) in [5.41, 5.74) is 0. The molecule has 0 saturated carbocycles. The van der Waals surface area contributed by atoms with Crippen molar-refractivity contribution in [1.29, 1.82) is 0 Å². The van der Waals surface area contributed by atoms with Crippen molar-refractivity contribution in [2.75, 3.05) is 26.3 Å². The Balaban J connectivity index is 2.00. The normalized spacial score (nSPS) is 17.5. The number of aliphatic carboxylic acids is 1. The lowest BCUT2D eigenvalue weighted by atomic mass is 10.0. The average Bonchev–Trinajstić information content (AvgIpc) is 2.53. The van der Waals surface area contributed by atoms with E-state index >= 15 is 0 Å². The van der Waals surface area contributed by atoms with Gasteiger partial charge in [0.25, 0.3) is 0 Å². The Morgan fingerprint density at radius 3 is 1.95 bits per heavy atom. The van der Waals surface area contributed by atoms with E-state index in [0.29, 0.717) is 13.2 Å². The Hall–Kier alpha value is -0.610. The fourth-order valence-corrected chi connectivity index (χ4v) is 3.18. The van der Waals surface area contributed by atoms with Crippen molar-refractivity contribution in [3.8, 4) is 0 Å². The number of nitrogens with zero attached hydrogens (tertiary/aromatic N) is 1. The molecule has 0 aromatic carbocycles. The molecule has 0 radical (unpaired) electrons. The third-order valence-corrected chi connectivity index (χ3v) is 4.60. The number of hydrogen-bond acceptors (Lipinski definition) is 3. The van der Waals surface area contributed by atoms with Crippen LogP contribution in [0.1, 0.15) is 77.6 Å². The summed E-state index contributed by atoms with van der Waals surface area (Å²) in [4.78, 5) is 13.5. The van der Waals surface area contributed by atoms with Gasteiger partial charge in [0.05, 0.1) is 13.2 Å². The molecule has 22 heavy (non-hydrogen) atoms. The highest BCUT2D eigenvalue weighted by Gasteiger charge is 2.26. The standard InChI is InChI=1S/C18H35NO3/c1-2-3-4-5-6-7-8-9-10-11-12-17(18(20)21)19-13-15-22-16-14-19/h17H,2-16H2,1H3,(H,20,21). The summed E-state index contributed by atoms with van der Waals surface area (Å²) in [5.74, 6) is -0.669. The summed E-state index contributed by atoms with van der Waals surface area (Å²) in [6.07, 6.45) is 13.7. The van der Waals surface area contributed by atoms with E-state index in [-0.39, 0.29) is 6.04 Å². The lowest BCUT2D eigenvalue weighted by molar-refractivity contribution is -0.145. The van der Waals surface area contributed by atoms with Gasteiger partial charge in [-0.05, 0) is 6.42 Å². The smallest absolute Gasteiger partial charge is 0.320 e. The first kappa shape index (κ1) is 19.4. The number of morpholine rings is 1. The highest BCUT2D eigenvalue weighted by atomic mass is 16.5. The van der Waals surface area contributed by atoms with Gasteiger partial charge in [-0.25, -0.2) is 0 Å². The van der Waals surface area contributed by atoms with Crippen molar-refractivity contribution in [2.24, 2.45) is 0 Å². The van der Waals surface area contributed by atoms with Crippen molar-refractivity contribution in [1.82, 2.24) is 4.90 Å².